The fourth-order valence-corrected chi connectivity index (χ4v) is 4.02. The maximum Gasteiger partial charge on any atom is 0.0263 e. The second-order valence-electron chi connectivity index (χ2n) is 7.40. The molecule has 0 atom stereocenters. The van der Waals surface area contributed by atoms with E-state index in [2.05, 4.69) is 86.5 Å². The Balaban J connectivity index is 1.79. The van der Waals surface area contributed by atoms with E-state index in [0.29, 0.717) is 6.54 Å². The number of hydrogen-bond donors (Lipinski definition) is 2. The highest BCUT2D eigenvalue weighted by Crippen LogP contribution is 2.16. The Morgan fingerprint density at radius 3 is 1.81 bits per heavy atom. The first-order valence-corrected chi connectivity index (χ1v) is 11.8. The minimum absolute atomic E-state index is 0.706. The quantitative estimate of drug-likeness (QED) is 0.299. The largest absolute Gasteiger partial charge is 0.233 e. The summed E-state index contributed by atoms with van der Waals surface area (Å²) in [6.07, 6.45) is 1.70. The summed E-state index contributed by atoms with van der Waals surface area (Å²) in [5.74, 6) is 13.1. The molecule has 0 saturated heterocycles. The summed E-state index contributed by atoms with van der Waals surface area (Å²) in [6, 6.07) is 20.6. The van der Waals surface area contributed by atoms with Gasteiger partial charge in [0.25, 0.3) is 0 Å². The van der Waals surface area contributed by atoms with Crippen molar-refractivity contribution in [1.29, 1.82) is 0 Å². The van der Waals surface area contributed by atoms with Crippen LogP contribution in [0.15, 0.2) is 65.1 Å². The first-order chi connectivity index (χ1) is 15.6. The molecular formula is C27H23BrCl2N2. The molecule has 3 aromatic rings. The van der Waals surface area contributed by atoms with Crippen molar-refractivity contribution in [1.82, 2.24) is 9.67 Å². The topological polar surface area (TPSA) is 24.1 Å². The zero-order valence-electron chi connectivity index (χ0n) is 17.7. The molecule has 0 radical (unpaired) electrons. The van der Waals surface area contributed by atoms with Crippen LogP contribution in [0.1, 0.15) is 38.9 Å². The third-order valence-electron chi connectivity index (χ3n) is 4.68. The molecule has 0 fully saturated rings. The van der Waals surface area contributed by atoms with Crippen LogP contribution in [0, 0.1) is 30.6 Å². The van der Waals surface area contributed by atoms with E-state index in [1.54, 1.807) is 0 Å². The molecule has 2 nitrogen and oxygen atoms in total. The van der Waals surface area contributed by atoms with Gasteiger partial charge in [-0.2, -0.15) is 0 Å². The molecule has 3 rings (SSSR count). The van der Waals surface area contributed by atoms with Gasteiger partial charge in [0.2, 0.25) is 0 Å². The van der Waals surface area contributed by atoms with Gasteiger partial charge in [0, 0.05) is 39.8 Å². The molecule has 3 aromatic carbocycles. The number of benzene rings is 3. The van der Waals surface area contributed by atoms with Gasteiger partial charge in [-0.3, -0.25) is 0 Å². The van der Waals surface area contributed by atoms with Crippen LogP contribution < -0.4 is 9.67 Å². The number of aryl methyl sites for hydroxylation is 1. The Kier molecular flexibility index (Phi) is 9.69. The van der Waals surface area contributed by atoms with E-state index in [1.807, 2.05) is 30.3 Å². The zero-order valence-corrected chi connectivity index (χ0v) is 20.8. The first-order valence-electron chi connectivity index (χ1n) is 10.3. The number of hydrogen-bond acceptors (Lipinski definition) is 2. The summed E-state index contributed by atoms with van der Waals surface area (Å²) in [7, 11) is 0. The average molecular weight is 526 g/mol. The van der Waals surface area contributed by atoms with Gasteiger partial charge in [0.15, 0.2) is 0 Å². The third-order valence-corrected chi connectivity index (χ3v) is 5.51. The van der Waals surface area contributed by atoms with Gasteiger partial charge in [-0.25, -0.2) is 9.67 Å². The van der Waals surface area contributed by atoms with Gasteiger partial charge in [-0.1, -0.05) is 51.7 Å². The fourth-order valence-electron chi connectivity index (χ4n) is 3.29. The normalized spacial score (nSPS) is 10.1. The summed E-state index contributed by atoms with van der Waals surface area (Å²) in [4.78, 5) is 5.33. The molecule has 0 saturated carbocycles. The lowest BCUT2D eigenvalue weighted by molar-refractivity contribution is 0.897. The van der Waals surface area contributed by atoms with E-state index in [1.165, 1.54) is 16.7 Å². The average Bonchev–Trinajstić information content (AvgIpc) is 2.78. The highest BCUT2D eigenvalue weighted by molar-refractivity contribution is 9.10. The van der Waals surface area contributed by atoms with E-state index in [0.717, 1.165) is 46.1 Å². The molecule has 0 heterocycles. The van der Waals surface area contributed by atoms with Crippen molar-refractivity contribution in [3.05, 3.63) is 104 Å². The van der Waals surface area contributed by atoms with Crippen LogP contribution in [0.3, 0.4) is 0 Å². The SMILES string of the molecule is Cc1cc(C#Cc2cccc(C#Cc3cc(Br)cc(CCNCl)c3)c2)cc(CCNCl)c1. The standard InChI is InChI=1S/C27H23BrCl2N2/c1-20-13-23(16-25(14-20)9-11-31-29)7-5-21-3-2-4-22(15-21)6-8-24-17-26(10-12-32-30)19-27(28)18-24/h2-4,13-19,31-32H,9-12H2,1H3. The number of halogens is 3. The molecule has 0 amide bonds. The monoisotopic (exact) mass is 524 g/mol. The van der Waals surface area contributed by atoms with E-state index in [4.69, 9.17) is 23.6 Å². The van der Waals surface area contributed by atoms with Gasteiger partial charge in [-0.15, -0.1) is 0 Å². The fraction of sp³-hybridized carbons (Fsp3) is 0.185. The van der Waals surface area contributed by atoms with E-state index in [9.17, 15) is 0 Å². The Bertz CT molecular complexity index is 1110. The Hall–Kier alpha value is -2.24. The molecule has 5 heteroatoms. The Morgan fingerprint density at radius 1 is 0.688 bits per heavy atom. The van der Waals surface area contributed by atoms with E-state index < -0.39 is 0 Å². The van der Waals surface area contributed by atoms with Crippen molar-refractivity contribution < 1.29 is 0 Å². The molecular weight excluding hydrogens is 503 g/mol. The predicted molar refractivity (Wildman–Crippen MR) is 139 cm³/mol. The summed E-state index contributed by atoms with van der Waals surface area (Å²) in [5.41, 5.74) is 7.41. The molecule has 0 spiro atoms. The van der Waals surface area contributed by atoms with Crippen molar-refractivity contribution in [2.45, 2.75) is 19.8 Å². The van der Waals surface area contributed by atoms with Gasteiger partial charge in [0.05, 0.1) is 0 Å². The lowest BCUT2D eigenvalue weighted by Gasteiger charge is -2.03. The second-order valence-corrected chi connectivity index (χ2v) is 8.85. The zero-order chi connectivity index (χ0) is 22.8. The molecule has 0 unspecified atom stereocenters. The Morgan fingerprint density at radius 2 is 1.22 bits per heavy atom. The van der Waals surface area contributed by atoms with Crippen LogP contribution in [0.5, 0.6) is 0 Å². The van der Waals surface area contributed by atoms with Crippen LogP contribution in [-0.4, -0.2) is 13.1 Å². The van der Waals surface area contributed by atoms with Crippen molar-refractivity contribution >= 4 is 39.5 Å². The van der Waals surface area contributed by atoms with Crippen LogP contribution in [0.4, 0.5) is 0 Å². The van der Waals surface area contributed by atoms with Crippen molar-refractivity contribution in [3.63, 3.8) is 0 Å². The first kappa shape index (κ1) is 24.4. The number of nitrogens with one attached hydrogen (secondary N) is 2. The molecule has 0 aliphatic rings. The Labute approximate surface area is 209 Å². The van der Waals surface area contributed by atoms with Gasteiger partial charge in [0.1, 0.15) is 0 Å². The minimum Gasteiger partial charge on any atom is -0.233 e. The van der Waals surface area contributed by atoms with Gasteiger partial charge in [-0.05, 0) is 109 Å². The van der Waals surface area contributed by atoms with Gasteiger partial charge >= 0.3 is 0 Å². The van der Waals surface area contributed by atoms with E-state index >= 15 is 0 Å². The maximum absolute atomic E-state index is 5.59. The molecule has 2 N–H and O–H groups in total. The highest BCUT2D eigenvalue weighted by atomic mass is 79.9. The summed E-state index contributed by atoms with van der Waals surface area (Å²) in [6.45, 7) is 3.51. The predicted octanol–water partition coefficient (Wildman–Crippen LogP) is 6.13. The molecule has 0 bridgehead atoms. The van der Waals surface area contributed by atoms with Crippen LogP contribution >= 0.6 is 39.5 Å². The molecule has 0 aliphatic heterocycles. The maximum atomic E-state index is 5.59. The molecule has 162 valence electrons. The van der Waals surface area contributed by atoms with Gasteiger partial charge < -0.3 is 0 Å². The van der Waals surface area contributed by atoms with Crippen molar-refractivity contribution in [2.75, 3.05) is 13.1 Å². The van der Waals surface area contributed by atoms with Crippen LogP contribution in [-0.2, 0) is 12.8 Å². The molecule has 0 aromatic heterocycles. The molecule has 32 heavy (non-hydrogen) atoms. The summed E-state index contributed by atoms with van der Waals surface area (Å²) in [5, 5.41) is 0. The second kappa shape index (κ2) is 12.7. The van der Waals surface area contributed by atoms with Crippen molar-refractivity contribution in [3.8, 4) is 23.7 Å². The minimum atomic E-state index is 0.706. The number of rotatable bonds is 6. The summed E-state index contributed by atoms with van der Waals surface area (Å²) >= 11 is 14.7. The lowest BCUT2D eigenvalue weighted by atomic mass is 10.0. The van der Waals surface area contributed by atoms with Crippen LogP contribution in [0.2, 0.25) is 0 Å². The van der Waals surface area contributed by atoms with Crippen LogP contribution in [0.25, 0.3) is 0 Å². The molecule has 0 aliphatic carbocycles. The highest BCUT2D eigenvalue weighted by Gasteiger charge is 1.99. The smallest absolute Gasteiger partial charge is 0.0263 e. The van der Waals surface area contributed by atoms with Crippen molar-refractivity contribution in [2.24, 2.45) is 0 Å². The van der Waals surface area contributed by atoms with E-state index in [-0.39, 0.29) is 0 Å². The lowest BCUT2D eigenvalue weighted by Crippen LogP contribution is -2.04. The third kappa shape index (κ3) is 8.03. The summed E-state index contributed by atoms with van der Waals surface area (Å²) < 4.78 is 1.01.